The summed E-state index contributed by atoms with van der Waals surface area (Å²) in [6.07, 6.45) is 1.93. The molecule has 9 heavy (non-hydrogen) atoms. The first-order valence-electron chi connectivity index (χ1n) is 2.60. The van der Waals surface area contributed by atoms with Gasteiger partial charge in [-0.1, -0.05) is 9.24 Å². The molecule has 1 atom stereocenters. The quantitative estimate of drug-likeness (QED) is 0.581. The second kappa shape index (κ2) is 2.79. The van der Waals surface area contributed by atoms with E-state index in [1.807, 2.05) is 0 Å². The summed E-state index contributed by atoms with van der Waals surface area (Å²) < 4.78 is 4.91. The SMILES string of the molecule is O=C(P)Cc1ccco1. The van der Waals surface area contributed by atoms with Crippen molar-refractivity contribution in [3.05, 3.63) is 24.2 Å². The van der Waals surface area contributed by atoms with Crippen LogP contribution in [-0.2, 0) is 11.2 Å². The Morgan fingerprint density at radius 3 is 3.00 bits per heavy atom. The molecule has 1 rings (SSSR count). The van der Waals surface area contributed by atoms with E-state index < -0.39 is 0 Å². The Morgan fingerprint density at radius 2 is 2.56 bits per heavy atom. The third kappa shape index (κ3) is 1.98. The number of furan rings is 1. The molecule has 3 heteroatoms. The monoisotopic (exact) mass is 142 g/mol. The zero-order valence-corrected chi connectivity index (χ0v) is 5.99. The first-order valence-corrected chi connectivity index (χ1v) is 3.17. The summed E-state index contributed by atoms with van der Waals surface area (Å²) >= 11 is 0. The van der Waals surface area contributed by atoms with Crippen molar-refractivity contribution >= 4 is 14.8 Å². The maximum Gasteiger partial charge on any atom is 0.155 e. The number of carbonyl (C=O) groups excluding carboxylic acids is 1. The summed E-state index contributed by atoms with van der Waals surface area (Å²) in [5.41, 5.74) is 0.0463. The van der Waals surface area contributed by atoms with Crippen LogP contribution >= 0.6 is 9.24 Å². The summed E-state index contributed by atoms with van der Waals surface area (Å²) in [7, 11) is 2.10. The van der Waals surface area contributed by atoms with Crippen LogP contribution < -0.4 is 0 Å². The molecule has 0 N–H and O–H groups in total. The van der Waals surface area contributed by atoms with Crippen molar-refractivity contribution in [2.45, 2.75) is 6.42 Å². The maximum absolute atomic E-state index is 10.4. The van der Waals surface area contributed by atoms with E-state index in [1.165, 1.54) is 0 Å². The number of rotatable bonds is 2. The summed E-state index contributed by atoms with van der Waals surface area (Å²) in [6, 6.07) is 3.55. The van der Waals surface area contributed by atoms with E-state index >= 15 is 0 Å². The Balaban J connectivity index is 2.58. The number of carbonyl (C=O) groups is 1. The molecule has 0 saturated heterocycles. The highest BCUT2D eigenvalue weighted by Gasteiger charge is 1.97. The first kappa shape index (κ1) is 6.50. The predicted molar refractivity (Wildman–Crippen MR) is 37.1 cm³/mol. The largest absolute Gasteiger partial charge is 0.469 e. The van der Waals surface area contributed by atoms with Crippen LogP contribution in [0.3, 0.4) is 0 Å². The van der Waals surface area contributed by atoms with Crippen molar-refractivity contribution in [2.24, 2.45) is 0 Å². The molecule has 0 saturated carbocycles. The lowest BCUT2D eigenvalue weighted by molar-refractivity contribution is -0.110. The Labute approximate surface area is 55.4 Å². The summed E-state index contributed by atoms with van der Waals surface area (Å²) in [6.45, 7) is 0. The molecule has 0 aromatic carbocycles. The smallest absolute Gasteiger partial charge is 0.155 e. The van der Waals surface area contributed by atoms with E-state index in [9.17, 15) is 4.79 Å². The van der Waals surface area contributed by atoms with Crippen LogP contribution in [-0.4, -0.2) is 5.52 Å². The van der Waals surface area contributed by atoms with Gasteiger partial charge in [0, 0.05) is 0 Å². The van der Waals surface area contributed by atoms with Gasteiger partial charge >= 0.3 is 0 Å². The van der Waals surface area contributed by atoms with Gasteiger partial charge < -0.3 is 4.42 Å². The minimum Gasteiger partial charge on any atom is -0.469 e. The highest BCUT2D eigenvalue weighted by atomic mass is 31.0. The first-order chi connectivity index (χ1) is 4.29. The molecule has 0 fully saturated rings. The number of hydrogen-bond donors (Lipinski definition) is 0. The Morgan fingerprint density at radius 1 is 1.78 bits per heavy atom. The minimum atomic E-state index is 0.0463. The van der Waals surface area contributed by atoms with Gasteiger partial charge in [0.1, 0.15) is 5.76 Å². The molecule has 0 aliphatic heterocycles. The van der Waals surface area contributed by atoms with Crippen molar-refractivity contribution < 1.29 is 9.21 Å². The molecule has 0 aliphatic rings. The highest BCUT2D eigenvalue weighted by molar-refractivity contribution is 7.40. The van der Waals surface area contributed by atoms with Crippen molar-refractivity contribution in [3.63, 3.8) is 0 Å². The van der Waals surface area contributed by atoms with Gasteiger partial charge in [-0.25, -0.2) is 0 Å². The summed E-state index contributed by atoms with van der Waals surface area (Å²) in [4.78, 5) is 10.4. The van der Waals surface area contributed by atoms with Crippen LogP contribution in [0.15, 0.2) is 22.8 Å². The third-order valence-corrected chi connectivity index (χ3v) is 1.13. The van der Waals surface area contributed by atoms with Gasteiger partial charge in [0.25, 0.3) is 0 Å². The van der Waals surface area contributed by atoms with E-state index in [1.54, 1.807) is 18.4 Å². The van der Waals surface area contributed by atoms with Crippen LogP contribution in [0.1, 0.15) is 5.76 Å². The fourth-order valence-electron chi connectivity index (χ4n) is 0.585. The fraction of sp³-hybridized carbons (Fsp3) is 0.167. The zero-order chi connectivity index (χ0) is 6.69. The molecule has 0 spiro atoms. The topological polar surface area (TPSA) is 30.2 Å². The predicted octanol–water partition coefficient (Wildman–Crippen LogP) is 1.22. The molecule has 0 aliphatic carbocycles. The molecular weight excluding hydrogens is 135 g/mol. The fourth-order valence-corrected chi connectivity index (χ4v) is 0.786. The van der Waals surface area contributed by atoms with E-state index in [4.69, 9.17) is 4.42 Å². The van der Waals surface area contributed by atoms with Gasteiger partial charge in [-0.15, -0.1) is 0 Å². The third-order valence-electron chi connectivity index (χ3n) is 0.929. The van der Waals surface area contributed by atoms with E-state index in [-0.39, 0.29) is 5.52 Å². The van der Waals surface area contributed by atoms with Crippen molar-refractivity contribution in [1.29, 1.82) is 0 Å². The standard InChI is InChI=1S/C6H7O2P/c7-6(9)4-5-2-1-3-8-5/h1-3H,4,9H2. The molecular formula is C6H7O2P. The lowest BCUT2D eigenvalue weighted by Gasteiger charge is -1.86. The van der Waals surface area contributed by atoms with Crippen LogP contribution in [0.25, 0.3) is 0 Å². The molecule has 1 heterocycles. The van der Waals surface area contributed by atoms with Crippen LogP contribution in [0.5, 0.6) is 0 Å². The van der Waals surface area contributed by atoms with Gasteiger partial charge in [-0.2, -0.15) is 0 Å². The molecule has 48 valence electrons. The molecule has 1 aromatic rings. The van der Waals surface area contributed by atoms with Gasteiger partial charge in [-0.05, 0) is 12.1 Å². The van der Waals surface area contributed by atoms with Crippen molar-refractivity contribution in [1.82, 2.24) is 0 Å². The Kier molecular flexibility index (Phi) is 2.01. The van der Waals surface area contributed by atoms with Crippen molar-refractivity contribution in [2.75, 3.05) is 0 Å². The molecule has 0 amide bonds. The highest BCUT2D eigenvalue weighted by Crippen LogP contribution is 2.03. The average Bonchev–Trinajstić information content (AvgIpc) is 2.15. The zero-order valence-electron chi connectivity index (χ0n) is 4.83. The van der Waals surface area contributed by atoms with E-state index in [0.717, 1.165) is 5.76 Å². The van der Waals surface area contributed by atoms with Gasteiger partial charge in [0.2, 0.25) is 0 Å². The van der Waals surface area contributed by atoms with E-state index in [0.29, 0.717) is 6.42 Å². The molecule has 0 radical (unpaired) electrons. The van der Waals surface area contributed by atoms with Gasteiger partial charge in [0.05, 0.1) is 12.7 Å². The van der Waals surface area contributed by atoms with E-state index in [2.05, 4.69) is 9.24 Å². The maximum atomic E-state index is 10.4. The summed E-state index contributed by atoms with van der Waals surface area (Å²) in [5.74, 6) is 0.718. The molecule has 0 bridgehead atoms. The lowest BCUT2D eigenvalue weighted by Crippen LogP contribution is -1.88. The normalized spacial score (nSPS) is 9.44. The average molecular weight is 142 g/mol. The van der Waals surface area contributed by atoms with Crippen LogP contribution in [0, 0.1) is 0 Å². The van der Waals surface area contributed by atoms with Crippen molar-refractivity contribution in [3.8, 4) is 0 Å². The molecule has 2 nitrogen and oxygen atoms in total. The van der Waals surface area contributed by atoms with Crippen LogP contribution in [0.2, 0.25) is 0 Å². The number of hydrogen-bond acceptors (Lipinski definition) is 2. The lowest BCUT2D eigenvalue weighted by atomic mass is 10.4. The summed E-state index contributed by atoms with van der Waals surface area (Å²) in [5, 5.41) is 0. The Bertz CT molecular complexity index is 191. The Hall–Kier alpha value is -0.620. The minimum absolute atomic E-state index is 0.0463. The second-order valence-electron chi connectivity index (χ2n) is 1.72. The van der Waals surface area contributed by atoms with Gasteiger partial charge in [0.15, 0.2) is 5.52 Å². The molecule has 1 aromatic heterocycles. The molecule has 1 unspecified atom stereocenters. The van der Waals surface area contributed by atoms with Crippen LogP contribution in [0.4, 0.5) is 0 Å². The van der Waals surface area contributed by atoms with Gasteiger partial charge in [-0.3, -0.25) is 4.79 Å². The second-order valence-corrected chi connectivity index (χ2v) is 2.37.